The van der Waals surface area contributed by atoms with Gasteiger partial charge in [0.05, 0.1) is 0 Å². The Bertz CT molecular complexity index is 357. The van der Waals surface area contributed by atoms with E-state index < -0.39 is 0 Å². The van der Waals surface area contributed by atoms with E-state index in [2.05, 4.69) is 10.6 Å². The van der Waals surface area contributed by atoms with E-state index in [4.69, 9.17) is 0 Å². The Kier molecular flexibility index (Phi) is 8.33. The fourth-order valence-corrected chi connectivity index (χ4v) is 1.55. The molecule has 1 rings (SSSR count). The van der Waals surface area contributed by atoms with Crippen molar-refractivity contribution in [2.24, 2.45) is 5.92 Å². The Morgan fingerprint density at radius 2 is 1.94 bits per heavy atom. The van der Waals surface area contributed by atoms with Crippen LogP contribution < -0.4 is 10.6 Å². The molecule has 1 atom stereocenters. The highest BCUT2D eigenvalue weighted by atomic mass is 35.5. The van der Waals surface area contributed by atoms with Gasteiger partial charge in [-0.05, 0) is 31.2 Å². The Labute approximate surface area is 114 Å². The molecule has 1 amide bonds. The summed E-state index contributed by atoms with van der Waals surface area (Å²) in [6.45, 7) is 3.13. The summed E-state index contributed by atoms with van der Waals surface area (Å²) in [7, 11) is 1.82. The molecule has 0 radical (unpaired) electrons. The van der Waals surface area contributed by atoms with E-state index >= 15 is 0 Å². The van der Waals surface area contributed by atoms with Gasteiger partial charge in [-0.1, -0.05) is 19.1 Å². The van der Waals surface area contributed by atoms with Crippen LogP contribution in [0.25, 0.3) is 0 Å². The van der Waals surface area contributed by atoms with Gasteiger partial charge in [0.1, 0.15) is 5.82 Å². The highest BCUT2D eigenvalue weighted by molar-refractivity contribution is 5.85. The molecular formula is C13H20ClFN2O. The fraction of sp³-hybridized carbons (Fsp3) is 0.462. The van der Waals surface area contributed by atoms with E-state index in [1.807, 2.05) is 14.0 Å². The first-order valence-electron chi connectivity index (χ1n) is 5.80. The molecule has 18 heavy (non-hydrogen) atoms. The first kappa shape index (κ1) is 16.9. The zero-order chi connectivity index (χ0) is 12.7. The second kappa shape index (κ2) is 8.89. The van der Waals surface area contributed by atoms with Crippen LogP contribution in [0.3, 0.4) is 0 Å². The van der Waals surface area contributed by atoms with E-state index in [0.29, 0.717) is 13.1 Å². The maximum atomic E-state index is 12.7. The first-order chi connectivity index (χ1) is 8.13. The van der Waals surface area contributed by atoms with E-state index in [1.165, 1.54) is 12.1 Å². The molecule has 0 bridgehead atoms. The molecule has 0 aliphatic heterocycles. The molecular weight excluding hydrogens is 255 g/mol. The highest BCUT2D eigenvalue weighted by Crippen LogP contribution is 2.03. The minimum absolute atomic E-state index is 0. The van der Waals surface area contributed by atoms with Crippen LogP contribution in [-0.4, -0.2) is 26.0 Å². The third kappa shape index (κ3) is 5.98. The summed E-state index contributed by atoms with van der Waals surface area (Å²) in [6, 6.07) is 6.33. The monoisotopic (exact) mass is 274 g/mol. The second-order valence-corrected chi connectivity index (χ2v) is 4.13. The summed E-state index contributed by atoms with van der Waals surface area (Å²) in [6.07, 6.45) is 0.721. The van der Waals surface area contributed by atoms with Crippen molar-refractivity contribution in [3.05, 3.63) is 35.6 Å². The Morgan fingerprint density at radius 1 is 1.33 bits per heavy atom. The van der Waals surface area contributed by atoms with Crippen molar-refractivity contribution >= 4 is 18.3 Å². The molecule has 1 aromatic carbocycles. The number of rotatable bonds is 6. The Hall–Kier alpha value is -1.13. The van der Waals surface area contributed by atoms with E-state index in [1.54, 1.807) is 12.1 Å². The van der Waals surface area contributed by atoms with Gasteiger partial charge in [0, 0.05) is 19.0 Å². The molecule has 5 heteroatoms. The van der Waals surface area contributed by atoms with Gasteiger partial charge in [-0.15, -0.1) is 12.4 Å². The van der Waals surface area contributed by atoms with Gasteiger partial charge in [-0.25, -0.2) is 4.39 Å². The summed E-state index contributed by atoms with van der Waals surface area (Å²) in [4.78, 5) is 11.6. The van der Waals surface area contributed by atoms with Crippen molar-refractivity contribution in [2.45, 2.75) is 13.3 Å². The molecule has 0 aliphatic carbocycles. The quantitative estimate of drug-likeness (QED) is 0.830. The van der Waals surface area contributed by atoms with Gasteiger partial charge in [0.25, 0.3) is 0 Å². The largest absolute Gasteiger partial charge is 0.355 e. The molecule has 0 aromatic heterocycles. The topological polar surface area (TPSA) is 41.1 Å². The number of halogens is 2. The third-order valence-corrected chi connectivity index (χ3v) is 2.58. The molecule has 0 saturated heterocycles. The van der Waals surface area contributed by atoms with Crippen LogP contribution in [0, 0.1) is 11.7 Å². The van der Waals surface area contributed by atoms with Crippen molar-refractivity contribution in [1.82, 2.24) is 10.6 Å². The van der Waals surface area contributed by atoms with Gasteiger partial charge in [0.15, 0.2) is 0 Å². The molecule has 0 saturated carbocycles. The standard InChI is InChI=1S/C13H19FN2O.ClH/c1-10(9-15-2)13(17)16-8-7-11-3-5-12(14)6-4-11;/h3-6,10,15H,7-9H2,1-2H3,(H,16,17);1H. The van der Waals surface area contributed by atoms with Crippen molar-refractivity contribution in [3.8, 4) is 0 Å². The van der Waals surface area contributed by atoms with E-state index in [9.17, 15) is 9.18 Å². The molecule has 0 aliphatic rings. The minimum Gasteiger partial charge on any atom is -0.355 e. The van der Waals surface area contributed by atoms with Crippen LogP contribution in [0.4, 0.5) is 4.39 Å². The Balaban J connectivity index is 0.00000289. The van der Waals surface area contributed by atoms with Crippen LogP contribution in [-0.2, 0) is 11.2 Å². The number of carbonyl (C=O) groups is 1. The van der Waals surface area contributed by atoms with Crippen LogP contribution in [0.15, 0.2) is 24.3 Å². The Morgan fingerprint density at radius 3 is 2.50 bits per heavy atom. The second-order valence-electron chi connectivity index (χ2n) is 4.13. The van der Waals surface area contributed by atoms with E-state index in [-0.39, 0.29) is 30.0 Å². The van der Waals surface area contributed by atoms with Crippen molar-refractivity contribution in [1.29, 1.82) is 0 Å². The SMILES string of the molecule is CNCC(C)C(=O)NCCc1ccc(F)cc1.Cl. The first-order valence-corrected chi connectivity index (χ1v) is 5.80. The van der Waals surface area contributed by atoms with E-state index in [0.717, 1.165) is 12.0 Å². The van der Waals surface area contributed by atoms with Crippen molar-refractivity contribution < 1.29 is 9.18 Å². The normalized spacial score (nSPS) is 11.5. The molecule has 2 N–H and O–H groups in total. The van der Waals surface area contributed by atoms with Crippen LogP contribution in [0.2, 0.25) is 0 Å². The number of nitrogens with one attached hydrogen (secondary N) is 2. The van der Waals surface area contributed by atoms with Gasteiger partial charge < -0.3 is 10.6 Å². The average Bonchev–Trinajstić information content (AvgIpc) is 2.32. The maximum absolute atomic E-state index is 12.7. The van der Waals surface area contributed by atoms with Crippen LogP contribution in [0.5, 0.6) is 0 Å². The lowest BCUT2D eigenvalue weighted by Crippen LogP contribution is -2.35. The molecule has 1 aromatic rings. The molecule has 0 spiro atoms. The molecule has 3 nitrogen and oxygen atoms in total. The number of benzene rings is 1. The van der Waals surface area contributed by atoms with Crippen molar-refractivity contribution in [3.63, 3.8) is 0 Å². The van der Waals surface area contributed by atoms with Gasteiger partial charge >= 0.3 is 0 Å². The van der Waals surface area contributed by atoms with Gasteiger partial charge in [-0.2, -0.15) is 0 Å². The lowest BCUT2D eigenvalue weighted by Gasteiger charge is -2.11. The summed E-state index contributed by atoms with van der Waals surface area (Å²) >= 11 is 0. The van der Waals surface area contributed by atoms with Crippen LogP contribution in [0.1, 0.15) is 12.5 Å². The van der Waals surface area contributed by atoms with Crippen molar-refractivity contribution in [2.75, 3.05) is 20.1 Å². The summed E-state index contributed by atoms with van der Waals surface area (Å²) in [5.41, 5.74) is 1.02. The smallest absolute Gasteiger partial charge is 0.224 e. The number of hydrogen-bond acceptors (Lipinski definition) is 2. The van der Waals surface area contributed by atoms with Gasteiger partial charge in [0.2, 0.25) is 5.91 Å². The van der Waals surface area contributed by atoms with Crippen LogP contribution >= 0.6 is 12.4 Å². The summed E-state index contributed by atoms with van der Waals surface area (Å²) < 4.78 is 12.7. The number of amides is 1. The fourth-order valence-electron chi connectivity index (χ4n) is 1.55. The molecule has 0 fully saturated rings. The summed E-state index contributed by atoms with van der Waals surface area (Å²) in [5, 5.41) is 5.82. The number of carbonyl (C=O) groups excluding carboxylic acids is 1. The molecule has 102 valence electrons. The average molecular weight is 275 g/mol. The zero-order valence-electron chi connectivity index (χ0n) is 10.7. The predicted octanol–water partition coefficient (Wildman–Crippen LogP) is 1.76. The predicted molar refractivity (Wildman–Crippen MR) is 73.5 cm³/mol. The lowest BCUT2D eigenvalue weighted by molar-refractivity contribution is -0.124. The highest BCUT2D eigenvalue weighted by Gasteiger charge is 2.10. The lowest BCUT2D eigenvalue weighted by atomic mass is 10.1. The zero-order valence-corrected chi connectivity index (χ0v) is 11.5. The summed E-state index contributed by atoms with van der Waals surface area (Å²) in [5.74, 6) is -0.227. The third-order valence-electron chi connectivity index (χ3n) is 2.58. The maximum Gasteiger partial charge on any atom is 0.224 e. The van der Waals surface area contributed by atoms with Gasteiger partial charge in [-0.3, -0.25) is 4.79 Å². The number of hydrogen-bond donors (Lipinski definition) is 2. The molecule has 1 unspecified atom stereocenters. The molecule has 0 heterocycles. The minimum atomic E-state index is -0.236.